The fraction of sp³-hybridized carbons (Fsp3) is 0.538. The van der Waals surface area contributed by atoms with E-state index in [4.69, 9.17) is 9.47 Å². The number of hydrogen-bond acceptors (Lipinski definition) is 6. The van der Waals surface area contributed by atoms with Crippen molar-refractivity contribution >= 4 is 21.8 Å². The highest BCUT2D eigenvalue weighted by molar-refractivity contribution is 7.99. The van der Waals surface area contributed by atoms with Gasteiger partial charge in [0.25, 0.3) is 0 Å². The van der Waals surface area contributed by atoms with E-state index in [1.807, 2.05) is 6.26 Å². The van der Waals surface area contributed by atoms with Gasteiger partial charge in [0.1, 0.15) is 0 Å². The van der Waals surface area contributed by atoms with E-state index in [1.54, 1.807) is 12.1 Å². The average Bonchev–Trinajstić information content (AvgIpc) is 2.54. The Morgan fingerprint density at radius 2 is 1.71 bits per heavy atom. The minimum absolute atomic E-state index is 0.273. The summed E-state index contributed by atoms with van der Waals surface area (Å²) in [7, 11) is -0.493. The Morgan fingerprint density at radius 3 is 2.24 bits per heavy atom. The molecular weight excluding hydrogens is 312 g/mol. The molecule has 0 spiro atoms. The van der Waals surface area contributed by atoms with Crippen molar-refractivity contribution in [1.29, 1.82) is 0 Å². The first-order valence-corrected chi connectivity index (χ1v) is 9.22. The van der Waals surface area contributed by atoms with Gasteiger partial charge in [0, 0.05) is 37.1 Å². The number of benzene rings is 1. The van der Waals surface area contributed by atoms with Crippen LogP contribution < -0.4 is 14.8 Å². The third kappa shape index (κ3) is 3.28. The Morgan fingerprint density at radius 1 is 1.14 bits per heavy atom. The molecule has 1 aromatic rings. The molecule has 1 aliphatic rings. The van der Waals surface area contributed by atoms with Crippen LogP contribution in [-0.4, -0.2) is 59.4 Å². The SMILES string of the molecule is COc1cc(SC)c(S(=O)(=O)N2CCNCC2)cc1OC. The van der Waals surface area contributed by atoms with Crippen molar-refractivity contribution < 1.29 is 17.9 Å². The molecule has 118 valence electrons. The van der Waals surface area contributed by atoms with Gasteiger partial charge in [0.05, 0.1) is 19.1 Å². The van der Waals surface area contributed by atoms with Gasteiger partial charge in [-0.2, -0.15) is 4.31 Å². The van der Waals surface area contributed by atoms with Gasteiger partial charge in [0.15, 0.2) is 11.5 Å². The maximum atomic E-state index is 12.8. The van der Waals surface area contributed by atoms with E-state index >= 15 is 0 Å². The summed E-state index contributed by atoms with van der Waals surface area (Å²) in [5.74, 6) is 0.949. The van der Waals surface area contributed by atoms with Crippen LogP contribution in [-0.2, 0) is 10.0 Å². The average molecular weight is 332 g/mol. The van der Waals surface area contributed by atoms with Crippen molar-refractivity contribution in [2.75, 3.05) is 46.7 Å². The molecule has 6 nitrogen and oxygen atoms in total. The standard InChI is InChI=1S/C13H20N2O4S2/c1-18-10-8-12(20-3)13(9-11(10)19-2)21(16,17)15-6-4-14-5-7-15/h8-9,14H,4-7H2,1-3H3. The zero-order chi connectivity index (χ0) is 15.5. The minimum atomic E-state index is -3.53. The molecule has 0 bridgehead atoms. The number of piperazine rings is 1. The van der Waals surface area contributed by atoms with Crippen molar-refractivity contribution in [2.45, 2.75) is 9.79 Å². The smallest absolute Gasteiger partial charge is 0.244 e. The maximum Gasteiger partial charge on any atom is 0.244 e. The van der Waals surface area contributed by atoms with Crippen LogP contribution in [0.4, 0.5) is 0 Å². The monoisotopic (exact) mass is 332 g/mol. The number of nitrogens with zero attached hydrogens (tertiary/aromatic N) is 1. The molecule has 21 heavy (non-hydrogen) atoms. The molecule has 1 aromatic carbocycles. The Kier molecular flexibility index (Phi) is 5.37. The van der Waals surface area contributed by atoms with E-state index in [1.165, 1.54) is 30.3 Å². The number of rotatable bonds is 5. The van der Waals surface area contributed by atoms with E-state index in [-0.39, 0.29) is 4.90 Å². The second-order valence-corrected chi connectivity index (χ2v) is 7.27. The van der Waals surface area contributed by atoms with Crippen molar-refractivity contribution in [1.82, 2.24) is 9.62 Å². The normalized spacial score (nSPS) is 16.7. The van der Waals surface area contributed by atoms with Crippen LogP contribution in [0, 0.1) is 0 Å². The third-order valence-electron chi connectivity index (χ3n) is 3.36. The Balaban J connectivity index is 2.50. The molecule has 0 saturated carbocycles. The van der Waals surface area contributed by atoms with Gasteiger partial charge < -0.3 is 14.8 Å². The summed E-state index contributed by atoms with van der Waals surface area (Å²) in [6.45, 7) is 2.29. The molecule has 1 heterocycles. The predicted molar refractivity (Wildman–Crippen MR) is 83.0 cm³/mol. The lowest BCUT2D eigenvalue weighted by Gasteiger charge is -2.27. The summed E-state index contributed by atoms with van der Waals surface area (Å²) in [5.41, 5.74) is 0. The third-order valence-corrected chi connectivity index (χ3v) is 6.21. The molecule has 0 amide bonds. The van der Waals surface area contributed by atoms with Crippen molar-refractivity contribution in [3.63, 3.8) is 0 Å². The van der Waals surface area contributed by atoms with Crippen molar-refractivity contribution in [2.24, 2.45) is 0 Å². The lowest BCUT2D eigenvalue weighted by molar-refractivity contribution is 0.349. The summed E-state index contributed by atoms with van der Waals surface area (Å²) in [6.07, 6.45) is 1.85. The molecule has 2 rings (SSSR count). The highest BCUT2D eigenvalue weighted by atomic mass is 32.2. The summed E-state index contributed by atoms with van der Waals surface area (Å²) in [4.78, 5) is 0.931. The maximum absolute atomic E-state index is 12.8. The molecule has 0 unspecified atom stereocenters. The second kappa shape index (κ2) is 6.87. The van der Waals surface area contributed by atoms with E-state index in [0.717, 1.165) is 0 Å². The minimum Gasteiger partial charge on any atom is -0.493 e. The van der Waals surface area contributed by atoms with Gasteiger partial charge in [-0.15, -0.1) is 11.8 Å². The van der Waals surface area contributed by atoms with E-state index in [2.05, 4.69) is 5.32 Å². The lowest BCUT2D eigenvalue weighted by Crippen LogP contribution is -2.46. The first-order chi connectivity index (χ1) is 10.0. The molecule has 1 saturated heterocycles. The molecule has 0 atom stereocenters. The highest BCUT2D eigenvalue weighted by Crippen LogP contribution is 2.37. The predicted octanol–water partition coefficient (Wildman–Crippen LogP) is 1.02. The quantitative estimate of drug-likeness (QED) is 0.812. The Labute approximate surface area is 129 Å². The molecule has 1 N–H and O–H groups in total. The highest BCUT2D eigenvalue weighted by Gasteiger charge is 2.29. The Hall–Kier alpha value is -0.960. The van der Waals surface area contributed by atoms with Crippen LogP contribution in [0.1, 0.15) is 0 Å². The van der Waals surface area contributed by atoms with Crippen LogP contribution in [0.25, 0.3) is 0 Å². The van der Waals surface area contributed by atoms with Crippen molar-refractivity contribution in [3.05, 3.63) is 12.1 Å². The first kappa shape index (κ1) is 16.4. The molecule has 1 aliphatic heterocycles. The van der Waals surface area contributed by atoms with Crippen LogP contribution in [0.3, 0.4) is 0 Å². The second-order valence-electron chi connectivity index (χ2n) is 4.51. The molecule has 8 heteroatoms. The zero-order valence-corrected chi connectivity index (χ0v) is 14.0. The van der Waals surface area contributed by atoms with Gasteiger partial charge in [-0.25, -0.2) is 8.42 Å². The number of ether oxygens (including phenoxy) is 2. The summed E-state index contributed by atoms with van der Waals surface area (Å²) < 4.78 is 37.6. The van der Waals surface area contributed by atoms with E-state index in [9.17, 15) is 8.42 Å². The number of methoxy groups -OCH3 is 2. The largest absolute Gasteiger partial charge is 0.493 e. The van der Waals surface area contributed by atoms with Crippen LogP contribution in [0.15, 0.2) is 21.9 Å². The molecular formula is C13H20N2O4S2. The van der Waals surface area contributed by atoms with E-state index in [0.29, 0.717) is 42.6 Å². The van der Waals surface area contributed by atoms with Gasteiger partial charge in [-0.05, 0) is 12.3 Å². The van der Waals surface area contributed by atoms with Gasteiger partial charge >= 0.3 is 0 Å². The molecule has 1 fully saturated rings. The molecule has 0 aliphatic carbocycles. The number of hydrogen-bond donors (Lipinski definition) is 1. The fourth-order valence-electron chi connectivity index (χ4n) is 2.23. The number of thioether (sulfide) groups is 1. The van der Waals surface area contributed by atoms with Gasteiger partial charge in [-0.3, -0.25) is 0 Å². The summed E-state index contributed by atoms with van der Waals surface area (Å²) in [6, 6.07) is 3.25. The topological polar surface area (TPSA) is 67.9 Å². The first-order valence-electron chi connectivity index (χ1n) is 6.55. The molecule has 0 radical (unpaired) electrons. The van der Waals surface area contributed by atoms with Gasteiger partial charge in [0.2, 0.25) is 10.0 Å². The van der Waals surface area contributed by atoms with Gasteiger partial charge in [-0.1, -0.05) is 0 Å². The van der Waals surface area contributed by atoms with E-state index < -0.39 is 10.0 Å². The number of sulfonamides is 1. The molecule has 0 aromatic heterocycles. The summed E-state index contributed by atoms with van der Waals surface area (Å²) >= 11 is 1.38. The number of nitrogens with one attached hydrogen (secondary N) is 1. The zero-order valence-electron chi connectivity index (χ0n) is 12.4. The van der Waals surface area contributed by atoms with Crippen LogP contribution in [0.5, 0.6) is 11.5 Å². The fourth-order valence-corrected chi connectivity index (χ4v) is 4.79. The van der Waals surface area contributed by atoms with Crippen molar-refractivity contribution in [3.8, 4) is 11.5 Å². The Bertz CT molecular complexity index is 598. The summed E-state index contributed by atoms with van der Waals surface area (Å²) in [5, 5.41) is 3.15. The van der Waals surface area contributed by atoms with Crippen LogP contribution in [0.2, 0.25) is 0 Å². The van der Waals surface area contributed by atoms with Crippen LogP contribution >= 0.6 is 11.8 Å². The lowest BCUT2D eigenvalue weighted by atomic mass is 10.3.